The maximum absolute atomic E-state index is 12.9. The highest BCUT2D eigenvalue weighted by Gasteiger charge is 2.34. The maximum Gasteiger partial charge on any atom is 0.419 e. The fraction of sp³-hybridized carbons (Fsp3) is 0.154. The molecule has 0 atom stereocenters. The van der Waals surface area contributed by atoms with Gasteiger partial charge in [-0.05, 0) is 30.3 Å². The molecule has 20 heavy (non-hydrogen) atoms. The highest BCUT2D eigenvalue weighted by molar-refractivity contribution is 5.77. The molecule has 0 fully saturated rings. The number of furan rings is 1. The first-order valence-corrected chi connectivity index (χ1v) is 5.48. The summed E-state index contributed by atoms with van der Waals surface area (Å²) in [7, 11) is 1.17. The molecular weight excluding hydrogens is 275 g/mol. The lowest BCUT2D eigenvalue weighted by Crippen LogP contribution is -2.07. The molecule has 0 saturated heterocycles. The van der Waals surface area contributed by atoms with Gasteiger partial charge >= 0.3 is 6.18 Å². The normalized spacial score (nSPS) is 12.0. The Morgan fingerprint density at radius 1 is 1.25 bits per heavy atom. The molecule has 1 N–H and O–H groups in total. The molecule has 0 amide bonds. The van der Waals surface area contributed by atoms with Gasteiger partial charge in [0.1, 0.15) is 23.5 Å². The molecule has 2 aromatic rings. The first-order chi connectivity index (χ1) is 9.45. The lowest BCUT2D eigenvalue weighted by atomic mass is 10.1. The van der Waals surface area contributed by atoms with E-state index in [1.54, 1.807) is 0 Å². The number of alkyl halides is 3. The predicted octanol–water partition coefficient (Wildman–Crippen LogP) is 3.78. The lowest BCUT2D eigenvalue weighted by molar-refractivity contribution is -0.138. The summed E-state index contributed by atoms with van der Waals surface area (Å²) >= 11 is 0. The SMILES string of the molecule is COc1ccc(-c2ccc(C=NO)o2)cc1C(F)(F)F. The van der Waals surface area contributed by atoms with Crippen molar-refractivity contribution in [2.45, 2.75) is 6.18 Å². The Morgan fingerprint density at radius 2 is 2.00 bits per heavy atom. The second-order valence-corrected chi connectivity index (χ2v) is 3.86. The van der Waals surface area contributed by atoms with Gasteiger partial charge in [0.15, 0.2) is 0 Å². The van der Waals surface area contributed by atoms with Gasteiger partial charge in [-0.15, -0.1) is 0 Å². The molecule has 1 aromatic heterocycles. The Morgan fingerprint density at radius 3 is 2.60 bits per heavy atom. The average Bonchev–Trinajstić information content (AvgIpc) is 2.86. The summed E-state index contributed by atoms with van der Waals surface area (Å²) < 4.78 is 48.6. The van der Waals surface area contributed by atoms with Crippen LogP contribution in [0.15, 0.2) is 39.9 Å². The summed E-state index contributed by atoms with van der Waals surface area (Å²) in [6, 6.07) is 6.58. The van der Waals surface area contributed by atoms with Crippen LogP contribution >= 0.6 is 0 Å². The van der Waals surface area contributed by atoms with Crippen LogP contribution in [0.2, 0.25) is 0 Å². The first kappa shape index (κ1) is 14.0. The summed E-state index contributed by atoms with van der Waals surface area (Å²) in [6.07, 6.45) is -3.49. The molecular formula is C13H10F3NO3. The minimum Gasteiger partial charge on any atom is -0.496 e. The van der Waals surface area contributed by atoms with Crippen LogP contribution in [0, 0.1) is 0 Å². The topological polar surface area (TPSA) is 55.0 Å². The van der Waals surface area contributed by atoms with Crippen molar-refractivity contribution in [3.05, 3.63) is 41.7 Å². The third-order valence-corrected chi connectivity index (χ3v) is 2.60. The van der Waals surface area contributed by atoms with E-state index >= 15 is 0 Å². The molecule has 1 heterocycles. The maximum atomic E-state index is 12.9. The van der Waals surface area contributed by atoms with Crippen LogP contribution in [0.3, 0.4) is 0 Å². The number of hydrogen-bond acceptors (Lipinski definition) is 4. The van der Waals surface area contributed by atoms with Crippen molar-refractivity contribution in [3.8, 4) is 17.1 Å². The molecule has 0 aliphatic carbocycles. The van der Waals surface area contributed by atoms with Gasteiger partial charge in [-0.2, -0.15) is 13.2 Å². The van der Waals surface area contributed by atoms with E-state index in [1.807, 2.05) is 0 Å². The van der Waals surface area contributed by atoms with E-state index < -0.39 is 11.7 Å². The van der Waals surface area contributed by atoms with Crippen LogP contribution in [-0.2, 0) is 6.18 Å². The quantitative estimate of drug-likeness (QED) is 0.530. The number of nitrogens with zero attached hydrogens (tertiary/aromatic N) is 1. The van der Waals surface area contributed by atoms with E-state index in [4.69, 9.17) is 14.4 Å². The summed E-state index contributed by atoms with van der Waals surface area (Å²) in [4.78, 5) is 0. The van der Waals surface area contributed by atoms with E-state index in [9.17, 15) is 13.2 Å². The Kier molecular flexibility index (Phi) is 3.69. The molecule has 0 spiro atoms. The molecule has 1 aromatic carbocycles. The number of ether oxygens (including phenoxy) is 1. The summed E-state index contributed by atoms with van der Waals surface area (Å²) in [6.45, 7) is 0. The van der Waals surface area contributed by atoms with Gasteiger partial charge in [-0.25, -0.2) is 0 Å². The zero-order chi connectivity index (χ0) is 14.8. The number of rotatable bonds is 3. The molecule has 0 saturated carbocycles. The zero-order valence-corrected chi connectivity index (χ0v) is 10.3. The van der Waals surface area contributed by atoms with Crippen molar-refractivity contribution >= 4 is 6.21 Å². The summed E-state index contributed by atoms with van der Waals surface area (Å²) in [5.74, 6) is 0.199. The van der Waals surface area contributed by atoms with Crippen molar-refractivity contribution in [1.29, 1.82) is 0 Å². The van der Waals surface area contributed by atoms with Crippen molar-refractivity contribution < 1.29 is 27.5 Å². The first-order valence-electron chi connectivity index (χ1n) is 5.48. The van der Waals surface area contributed by atoms with Crippen molar-refractivity contribution in [2.75, 3.05) is 7.11 Å². The van der Waals surface area contributed by atoms with E-state index in [0.717, 1.165) is 12.3 Å². The number of halogens is 3. The highest BCUT2D eigenvalue weighted by Crippen LogP contribution is 2.38. The number of oxime groups is 1. The third-order valence-electron chi connectivity index (χ3n) is 2.60. The third kappa shape index (κ3) is 2.76. The predicted molar refractivity (Wildman–Crippen MR) is 65.1 cm³/mol. The zero-order valence-electron chi connectivity index (χ0n) is 10.3. The minimum atomic E-state index is -4.52. The average molecular weight is 285 g/mol. The fourth-order valence-electron chi connectivity index (χ4n) is 1.72. The lowest BCUT2D eigenvalue weighted by Gasteiger charge is -2.12. The monoisotopic (exact) mass is 285 g/mol. The molecule has 0 unspecified atom stereocenters. The largest absolute Gasteiger partial charge is 0.496 e. The van der Waals surface area contributed by atoms with E-state index in [1.165, 1.54) is 31.4 Å². The van der Waals surface area contributed by atoms with Gasteiger partial charge in [0, 0.05) is 5.56 Å². The summed E-state index contributed by atoms with van der Waals surface area (Å²) in [5, 5.41) is 11.1. The smallest absolute Gasteiger partial charge is 0.419 e. The molecule has 0 aliphatic heterocycles. The summed E-state index contributed by atoms with van der Waals surface area (Å²) in [5.41, 5.74) is -0.637. The van der Waals surface area contributed by atoms with Gasteiger partial charge in [0.05, 0.1) is 12.7 Å². The number of benzene rings is 1. The Balaban J connectivity index is 2.47. The number of hydrogen-bond donors (Lipinski definition) is 1. The van der Waals surface area contributed by atoms with Gasteiger partial charge in [0.2, 0.25) is 0 Å². The molecule has 7 heteroatoms. The molecule has 0 aliphatic rings. The Hall–Kier alpha value is -2.44. The number of methoxy groups -OCH3 is 1. The van der Waals surface area contributed by atoms with E-state index in [2.05, 4.69) is 5.16 Å². The van der Waals surface area contributed by atoms with Gasteiger partial charge < -0.3 is 14.4 Å². The van der Waals surface area contributed by atoms with Crippen molar-refractivity contribution in [3.63, 3.8) is 0 Å². The van der Waals surface area contributed by atoms with Gasteiger partial charge in [-0.1, -0.05) is 5.16 Å². The van der Waals surface area contributed by atoms with Crippen LogP contribution in [-0.4, -0.2) is 18.5 Å². The van der Waals surface area contributed by atoms with Crippen LogP contribution < -0.4 is 4.74 Å². The molecule has 0 bridgehead atoms. The molecule has 2 rings (SSSR count). The second-order valence-electron chi connectivity index (χ2n) is 3.86. The molecule has 0 radical (unpaired) electrons. The Bertz CT molecular complexity index is 632. The minimum absolute atomic E-state index is 0.229. The van der Waals surface area contributed by atoms with Crippen molar-refractivity contribution in [1.82, 2.24) is 0 Å². The van der Waals surface area contributed by atoms with Crippen LogP contribution in [0.25, 0.3) is 11.3 Å². The van der Waals surface area contributed by atoms with Crippen LogP contribution in [0.5, 0.6) is 5.75 Å². The van der Waals surface area contributed by atoms with E-state index in [-0.39, 0.29) is 22.8 Å². The standard InChI is InChI=1S/C13H10F3NO3/c1-19-12-4-2-8(6-10(12)13(14,15)16)11-5-3-9(20-11)7-17-18/h2-7,18H,1H3. The Labute approximate surface area is 112 Å². The van der Waals surface area contributed by atoms with E-state index in [0.29, 0.717) is 0 Å². The fourth-order valence-corrected chi connectivity index (χ4v) is 1.72. The molecule has 106 valence electrons. The van der Waals surface area contributed by atoms with Crippen LogP contribution in [0.4, 0.5) is 13.2 Å². The second kappa shape index (κ2) is 5.28. The highest BCUT2D eigenvalue weighted by atomic mass is 19.4. The van der Waals surface area contributed by atoms with Gasteiger partial charge in [-0.3, -0.25) is 0 Å². The van der Waals surface area contributed by atoms with Crippen molar-refractivity contribution in [2.24, 2.45) is 5.16 Å². The molecule has 4 nitrogen and oxygen atoms in total. The van der Waals surface area contributed by atoms with Gasteiger partial charge in [0.25, 0.3) is 0 Å². The van der Waals surface area contributed by atoms with Crippen LogP contribution in [0.1, 0.15) is 11.3 Å².